The second-order valence-electron chi connectivity index (χ2n) is 2.90. The third kappa shape index (κ3) is 9.06. The molecule has 0 rings (SSSR count). The van der Waals surface area contributed by atoms with Crippen molar-refractivity contribution in [3.05, 3.63) is 0 Å². The van der Waals surface area contributed by atoms with Crippen LogP contribution in [0.1, 0.15) is 40.0 Å². The molecule has 0 spiro atoms. The van der Waals surface area contributed by atoms with Crippen molar-refractivity contribution >= 4 is 0 Å². The van der Waals surface area contributed by atoms with Crippen LogP contribution in [0.5, 0.6) is 0 Å². The van der Waals surface area contributed by atoms with E-state index >= 15 is 0 Å². The molecular formula is C9H21O3Sc. The van der Waals surface area contributed by atoms with E-state index in [-0.39, 0.29) is 0 Å². The monoisotopic (exact) mass is 222 g/mol. The molecule has 0 bridgehead atoms. The zero-order chi connectivity index (χ0) is 9.94. The summed E-state index contributed by atoms with van der Waals surface area (Å²) < 4.78 is 16.6. The van der Waals surface area contributed by atoms with Crippen LogP contribution in [0.2, 0.25) is 0 Å². The first-order valence-corrected chi connectivity index (χ1v) is 7.40. The van der Waals surface area contributed by atoms with Crippen molar-refractivity contribution in [3.63, 3.8) is 0 Å². The summed E-state index contributed by atoms with van der Waals surface area (Å²) in [4.78, 5) is 0. The van der Waals surface area contributed by atoms with Crippen molar-refractivity contribution in [3.8, 4) is 0 Å². The molecule has 4 heteroatoms. The molecule has 0 aromatic heterocycles. The zero-order valence-corrected chi connectivity index (χ0v) is 10.8. The molecule has 0 amide bonds. The second kappa shape index (κ2) is 10.8. The summed E-state index contributed by atoms with van der Waals surface area (Å²) in [5.41, 5.74) is 0. The summed E-state index contributed by atoms with van der Waals surface area (Å²) in [5.74, 6) is 0. The molecule has 0 atom stereocenters. The fraction of sp³-hybridized carbons (Fsp3) is 1.00. The molecule has 3 nitrogen and oxygen atoms in total. The summed E-state index contributed by atoms with van der Waals surface area (Å²) in [5, 5.41) is 0. The van der Waals surface area contributed by atoms with Crippen LogP contribution in [0.25, 0.3) is 0 Å². The summed E-state index contributed by atoms with van der Waals surface area (Å²) in [7, 11) is 0. The van der Waals surface area contributed by atoms with Gasteiger partial charge in [-0.1, -0.05) is 0 Å². The third-order valence-electron chi connectivity index (χ3n) is 1.37. The Hall–Kier alpha value is 0.750. The standard InChI is InChI=1S/3C3H7O.Sc/c3*1-2-3-4;/h3*2-3H2,1H3;/q3*-1;+3. The van der Waals surface area contributed by atoms with Gasteiger partial charge in [0.1, 0.15) is 0 Å². The maximum atomic E-state index is 5.54. The van der Waals surface area contributed by atoms with Gasteiger partial charge in [-0.25, -0.2) is 0 Å². The van der Waals surface area contributed by atoms with Crippen LogP contribution in [0.3, 0.4) is 0 Å². The van der Waals surface area contributed by atoms with Gasteiger partial charge in [0, 0.05) is 0 Å². The van der Waals surface area contributed by atoms with Gasteiger partial charge in [-0.2, -0.15) is 0 Å². The fourth-order valence-corrected chi connectivity index (χ4v) is 3.24. The van der Waals surface area contributed by atoms with Crippen molar-refractivity contribution in [2.75, 3.05) is 19.8 Å². The van der Waals surface area contributed by atoms with Crippen LogP contribution in [0.15, 0.2) is 0 Å². The van der Waals surface area contributed by atoms with E-state index in [0.29, 0.717) is 0 Å². The Morgan fingerprint density at radius 2 is 1.00 bits per heavy atom. The topological polar surface area (TPSA) is 27.7 Å². The van der Waals surface area contributed by atoms with Crippen LogP contribution < -0.4 is 0 Å². The van der Waals surface area contributed by atoms with Gasteiger partial charge in [0.25, 0.3) is 0 Å². The van der Waals surface area contributed by atoms with Crippen molar-refractivity contribution in [1.82, 2.24) is 0 Å². The van der Waals surface area contributed by atoms with Gasteiger partial charge in [-0.05, 0) is 0 Å². The van der Waals surface area contributed by atoms with Crippen LogP contribution in [-0.2, 0) is 31.3 Å². The van der Waals surface area contributed by atoms with Gasteiger partial charge >= 0.3 is 91.2 Å². The molecular weight excluding hydrogens is 201 g/mol. The maximum absolute atomic E-state index is 5.54. The first-order chi connectivity index (χ1) is 6.35. The molecule has 0 radical (unpaired) electrons. The predicted molar refractivity (Wildman–Crippen MR) is 48.7 cm³/mol. The molecule has 0 unspecified atom stereocenters. The Morgan fingerprint density at radius 3 is 1.23 bits per heavy atom. The quantitative estimate of drug-likeness (QED) is 0.600. The van der Waals surface area contributed by atoms with Gasteiger partial charge in [0.05, 0.1) is 0 Å². The van der Waals surface area contributed by atoms with E-state index in [1.165, 1.54) is 0 Å². The molecule has 78 valence electrons. The molecule has 0 aliphatic rings. The molecule has 0 aliphatic carbocycles. The number of rotatable bonds is 9. The van der Waals surface area contributed by atoms with Crippen LogP contribution in [-0.4, -0.2) is 19.8 Å². The van der Waals surface area contributed by atoms with E-state index in [9.17, 15) is 0 Å². The second-order valence-corrected chi connectivity index (χ2v) is 5.36. The number of hydrogen-bond acceptors (Lipinski definition) is 3. The predicted octanol–water partition coefficient (Wildman–Crippen LogP) is 2.63. The van der Waals surface area contributed by atoms with E-state index in [4.69, 9.17) is 8.56 Å². The Kier molecular flexibility index (Phi) is 11.5. The van der Waals surface area contributed by atoms with E-state index in [0.717, 1.165) is 39.1 Å². The Balaban J connectivity index is 3.47. The number of hydrogen-bond donors (Lipinski definition) is 0. The van der Waals surface area contributed by atoms with Crippen molar-refractivity contribution in [2.45, 2.75) is 40.0 Å². The van der Waals surface area contributed by atoms with Crippen LogP contribution in [0.4, 0.5) is 0 Å². The van der Waals surface area contributed by atoms with E-state index in [1.54, 1.807) is 0 Å². The summed E-state index contributed by atoms with van der Waals surface area (Å²) in [6, 6.07) is 0. The van der Waals surface area contributed by atoms with Gasteiger partial charge < -0.3 is 0 Å². The third-order valence-corrected chi connectivity index (χ3v) is 3.75. The Bertz CT molecular complexity index is 81.8. The van der Waals surface area contributed by atoms with Crippen molar-refractivity contribution in [1.29, 1.82) is 0 Å². The first kappa shape index (κ1) is 13.8. The Morgan fingerprint density at radius 1 is 0.692 bits per heavy atom. The van der Waals surface area contributed by atoms with Crippen molar-refractivity contribution in [2.24, 2.45) is 0 Å². The molecule has 13 heavy (non-hydrogen) atoms. The average molecular weight is 222 g/mol. The van der Waals surface area contributed by atoms with Crippen LogP contribution in [0, 0.1) is 0 Å². The van der Waals surface area contributed by atoms with E-state index < -0.39 is 22.7 Å². The van der Waals surface area contributed by atoms with E-state index in [2.05, 4.69) is 20.8 Å². The molecule has 0 aromatic rings. The van der Waals surface area contributed by atoms with Gasteiger partial charge in [0.15, 0.2) is 0 Å². The minimum absolute atomic E-state index is 0.776. The molecule has 0 aromatic carbocycles. The van der Waals surface area contributed by atoms with Crippen molar-refractivity contribution < 1.29 is 31.3 Å². The van der Waals surface area contributed by atoms with Gasteiger partial charge in [0.2, 0.25) is 0 Å². The van der Waals surface area contributed by atoms with Crippen LogP contribution >= 0.6 is 0 Å². The molecule has 0 N–H and O–H groups in total. The van der Waals surface area contributed by atoms with Gasteiger partial charge in [-0.3, -0.25) is 0 Å². The average Bonchev–Trinajstić information content (AvgIpc) is 2.17. The molecule has 0 fully saturated rings. The molecule has 0 saturated heterocycles. The molecule has 0 heterocycles. The summed E-state index contributed by atoms with van der Waals surface area (Å²) in [6.07, 6.45) is 3.10. The summed E-state index contributed by atoms with van der Waals surface area (Å²) in [6.45, 7) is 8.62. The molecule has 0 saturated carbocycles. The Labute approximate surface area is 91.1 Å². The SMILES string of the molecule is CCC[O][Sc]([O]CCC)[O]CCC. The molecule has 0 aliphatic heterocycles. The van der Waals surface area contributed by atoms with E-state index in [1.807, 2.05) is 0 Å². The van der Waals surface area contributed by atoms with Gasteiger partial charge in [-0.15, -0.1) is 0 Å². The normalized spacial score (nSPS) is 10.4. The fourth-order valence-electron chi connectivity index (χ4n) is 0.787. The minimum atomic E-state index is -2.25. The first-order valence-electron chi connectivity index (χ1n) is 5.19. The summed E-state index contributed by atoms with van der Waals surface area (Å²) >= 11 is -2.25. The zero-order valence-electron chi connectivity index (χ0n) is 9.04.